The first-order valence-corrected chi connectivity index (χ1v) is 8.23. The molecule has 1 aliphatic heterocycles. The summed E-state index contributed by atoms with van der Waals surface area (Å²) in [5.41, 5.74) is 2.42. The minimum Gasteiger partial charge on any atom is -0.336 e. The summed E-state index contributed by atoms with van der Waals surface area (Å²) < 4.78 is 16.1. The number of carbonyl (C=O) groups excluding carboxylic acids is 1. The molecule has 2 atom stereocenters. The molecule has 0 spiro atoms. The maximum atomic E-state index is 14.6. The zero-order valence-corrected chi connectivity index (χ0v) is 14.5. The van der Waals surface area contributed by atoms with Crippen molar-refractivity contribution in [2.45, 2.75) is 39.8 Å². The molecule has 2 aromatic rings. The van der Waals surface area contributed by atoms with E-state index in [0.29, 0.717) is 24.3 Å². The molecule has 0 unspecified atom stereocenters. The molecular formula is C18H23FN4O. The molecule has 0 radical (unpaired) electrons. The highest BCUT2D eigenvalue weighted by molar-refractivity contribution is 5.94. The maximum Gasteiger partial charge on any atom is 0.254 e. The number of halogens is 1. The summed E-state index contributed by atoms with van der Waals surface area (Å²) in [4.78, 5) is 14.5. The molecule has 1 aromatic carbocycles. The SMILES string of the molecule is Cc1cc(C)n(-c2ccc(C(=O)N3C[C@@H](C)N[C@H](C)C3)cc2F)n1. The Labute approximate surface area is 141 Å². The van der Waals surface area contributed by atoms with Gasteiger partial charge in [0.15, 0.2) is 0 Å². The van der Waals surface area contributed by atoms with Crippen molar-refractivity contribution in [3.05, 3.63) is 47.0 Å². The fourth-order valence-electron chi connectivity index (χ4n) is 3.36. The number of hydrogen-bond donors (Lipinski definition) is 1. The van der Waals surface area contributed by atoms with E-state index in [1.807, 2.05) is 33.8 Å². The maximum absolute atomic E-state index is 14.6. The number of rotatable bonds is 2. The van der Waals surface area contributed by atoms with Crippen molar-refractivity contribution in [3.63, 3.8) is 0 Å². The first-order valence-electron chi connectivity index (χ1n) is 8.23. The first-order chi connectivity index (χ1) is 11.3. The molecule has 6 heteroatoms. The van der Waals surface area contributed by atoms with E-state index in [-0.39, 0.29) is 18.0 Å². The standard InChI is InChI=1S/C18H23FN4O/c1-11-7-14(4)23(21-11)17-6-5-15(8-16(17)19)18(24)22-9-12(2)20-13(3)10-22/h5-8,12-13,20H,9-10H2,1-4H3/t12-,13-/m1/s1. The van der Waals surface area contributed by atoms with Crippen LogP contribution in [-0.4, -0.2) is 45.8 Å². The van der Waals surface area contributed by atoms with Gasteiger partial charge in [0, 0.05) is 36.4 Å². The molecule has 0 saturated carbocycles. The highest BCUT2D eigenvalue weighted by Gasteiger charge is 2.26. The number of aryl methyl sites for hydroxylation is 2. The van der Waals surface area contributed by atoms with E-state index in [1.165, 1.54) is 6.07 Å². The Morgan fingerprint density at radius 1 is 1.21 bits per heavy atom. The van der Waals surface area contributed by atoms with Crippen LogP contribution >= 0.6 is 0 Å². The molecule has 1 amide bonds. The van der Waals surface area contributed by atoms with Crippen molar-refractivity contribution in [2.75, 3.05) is 13.1 Å². The van der Waals surface area contributed by atoms with E-state index in [0.717, 1.165) is 11.4 Å². The first kappa shape index (κ1) is 16.6. The topological polar surface area (TPSA) is 50.2 Å². The Morgan fingerprint density at radius 3 is 2.42 bits per heavy atom. The molecule has 1 aliphatic rings. The van der Waals surface area contributed by atoms with Crippen LogP contribution in [0, 0.1) is 19.7 Å². The number of hydrogen-bond acceptors (Lipinski definition) is 3. The second-order valence-electron chi connectivity index (χ2n) is 6.68. The lowest BCUT2D eigenvalue weighted by Gasteiger charge is -2.36. The summed E-state index contributed by atoms with van der Waals surface area (Å²) in [6, 6.07) is 6.96. The summed E-state index contributed by atoms with van der Waals surface area (Å²) >= 11 is 0. The Balaban J connectivity index is 1.87. The van der Waals surface area contributed by atoms with Gasteiger partial charge in [0.05, 0.1) is 5.69 Å². The molecule has 1 fully saturated rings. The molecule has 24 heavy (non-hydrogen) atoms. The zero-order valence-electron chi connectivity index (χ0n) is 14.5. The van der Waals surface area contributed by atoms with Gasteiger partial charge in [-0.15, -0.1) is 0 Å². The molecular weight excluding hydrogens is 307 g/mol. The number of piperazine rings is 1. The number of benzene rings is 1. The van der Waals surface area contributed by atoms with Gasteiger partial charge in [0.1, 0.15) is 11.5 Å². The van der Waals surface area contributed by atoms with Crippen molar-refractivity contribution in [2.24, 2.45) is 0 Å². The van der Waals surface area contributed by atoms with Gasteiger partial charge < -0.3 is 10.2 Å². The van der Waals surface area contributed by atoms with Gasteiger partial charge >= 0.3 is 0 Å². The van der Waals surface area contributed by atoms with Gasteiger partial charge in [-0.1, -0.05) is 0 Å². The van der Waals surface area contributed by atoms with Gasteiger partial charge in [-0.3, -0.25) is 4.79 Å². The van der Waals surface area contributed by atoms with Crippen molar-refractivity contribution >= 4 is 5.91 Å². The highest BCUT2D eigenvalue weighted by Crippen LogP contribution is 2.19. The lowest BCUT2D eigenvalue weighted by atomic mass is 10.1. The highest BCUT2D eigenvalue weighted by atomic mass is 19.1. The minimum absolute atomic E-state index is 0.131. The lowest BCUT2D eigenvalue weighted by molar-refractivity contribution is 0.0673. The van der Waals surface area contributed by atoms with Crippen molar-refractivity contribution < 1.29 is 9.18 Å². The summed E-state index contributed by atoms with van der Waals surface area (Å²) in [5.74, 6) is -0.572. The van der Waals surface area contributed by atoms with Crippen LogP contribution < -0.4 is 5.32 Å². The normalized spacial score (nSPS) is 21.1. The van der Waals surface area contributed by atoms with E-state index in [1.54, 1.807) is 21.7 Å². The monoisotopic (exact) mass is 330 g/mol. The summed E-state index contributed by atoms with van der Waals surface area (Å²) in [6.45, 7) is 9.09. The lowest BCUT2D eigenvalue weighted by Crippen LogP contribution is -2.55. The second-order valence-corrected chi connectivity index (χ2v) is 6.68. The quantitative estimate of drug-likeness (QED) is 0.920. The van der Waals surface area contributed by atoms with E-state index < -0.39 is 5.82 Å². The average Bonchev–Trinajstić information content (AvgIpc) is 2.84. The third kappa shape index (κ3) is 3.19. The molecule has 2 heterocycles. The van der Waals surface area contributed by atoms with Gasteiger partial charge in [-0.05, 0) is 52.0 Å². The molecule has 1 saturated heterocycles. The van der Waals surface area contributed by atoms with Crippen LogP contribution in [0.2, 0.25) is 0 Å². The zero-order chi connectivity index (χ0) is 17.4. The Morgan fingerprint density at radius 2 is 1.88 bits per heavy atom. The summed E-state index contributed by atoms with van der Waals surface area (Å²) in [7, 11) is 0. The van der Waals surface area contributed by atoms with Gasteiger partial charge in [-0.25, -0.2) is 9.07 Å². The third-order valence-corrected chi connectivity index (χ3v) is 4.28. The van der Waals surface area contributed by atoms with Gasteiger partial charge in [0.2, 0.25) is 0 Å². The second kappa shape index (κ2) is 6.36. The predicted octanol–water partition coefficient (Wildman–Crippen LogP) is 2.45. The fraction of sp³-hybridized carbons (Fsp3) is 0.444. The number of amides is 1. The summed E-state index contributed by atoms with van der Waals surface area (Å²) in [5, 5.41) is 7.69. The van der Waals surface area contributed by atoms with Crippen LogP contribution in [0.5, 0.6) is 0 Å². The fourth-order valence-corrected chi connectivity index (χ4v) is 3.36. The number of nitrogens with zero attached hydrogens (tertiary/aromatic N) is 3. The predicted molar refractivity (Wildman–Crippen MR) is 91.0 cm³/mol. The van der Waals surface area contributed by atoms with Crippen LogP contribution in [0.25, 0.3) is 5.69 Å². The largest absolute Gasteiger partial charge is 0.336 e. The van der Waals surface area contributed by atoms with Crippen LogP contribution in [0.1, 0.15) is 35.6 Å². The third-order valence-electron chi connectivity index (χ3n) is 4.28. The molecule has 3 rings (SSSR count). The van der Waals surface area contributed by atoms with Crippen molar-refractivity contribution in [1.29, 1.82) is 0 Å². The number of carbonyl (C=O) groups is 1. The molecule has 0 aliphatic carbocycles. The van der Waals surface area contributed by atoms with Crippen LogP contribution in [0.3, 0.4) is 0 Å². The molecule has 1 N–H and O–H groups in total. The van der Waals surface area contributed by atoms with E-state index in [9.17, 15) is 9.18 Å². The summed E-state index contributed by atoms with van der Waals surface area (Å²) in [6.07, 6.45) is 0. The Kier molecular flexibility index (Phi) is 4.41. The number of aromatic nitrogens is 2. The minimum atomic E-state index is -0.441. The Hall–Kier alpha value is -2.21. The molecule has 1 aromatic heterocycles. The van der Waals surface area contributed by atoms with Gasteiger partial charge in [-0.2, -0.15) is 5.10 Å². The van der Waals surface area contributed by atoms with Gasteiger partial charge in [0.25, 0.3) is 5.91 Å². The van der Waals surface area contributed by atoms with E-state index in [4.69, 9.17) is 0 Å². The number of nitrogens with one attached hydrogen (secondary N) is 1. The van der Waals surface area contributed by atoms with Crippen LogP contribution in [0.4, 0.5) is 4.39 Å². The smallest absolute Gasteiger partial charge is 0.254 e. The van der Waals surface area contributed by atoms with Crippen molar-refractivity contribution in [3.8, 4) is 5.69 Å². The average molecular weight is 330 g/mol. The van der Waals surface area contributed by atoms with E-state index in [2.05, 4.69) is 10.4 Å². The van der Waals surface area contributed by atoms with Crippen LogP contribution in [0.15, 0.2) is 24.3 Å². The molecule has 5 nitrogen and oxygen atoms in total. The van der Waals surface area contributed by atoms with Crippen molar-refractivity contribution in [1.82, 2.24) is 20.0 Å². The molecule has 128 valence electrons. The Bertz CT molecular complexity index is 760. The van der Waals surface area contributed by atoms with Crippen LogP contribution in [-0.2, 0) is 0 Å². The van der Waals surface area contributed by atoms with E-state index >= 15 is 0 Å². The molecule has 0 bridgehead atoms.